The van der Waals surface area contributed by atoms with Crippen molar-refractivity contribution in [2.24, 2.45) is 0 Å². The molecule has 0 aliphatic heterocycles. The van der Waals surface area contributed by atoms with Crippen LogP contribution in [0, 0.1) is 10.1 Å². The summed E-state index contributed by atoms with van der Waals surface area (Å²) in [6, 6.07) is 2.46. The number of hydrogen-bond donors (Lipinski definition) is 2. The number of rotatable bonds is 4. The lowest BCUT2D eigenvalue weighted by Gasteiger charge is -1.92. The molecule has 0 aliphatic rings. The van der Waals surface area contributed by atoms with Gasteiger partial charge in [0, 0.05) is 10.9 Å². The van der Waals surface area contributed by atoms with Crippen LogP contribution in [0.3, 0.4) is 0 Å². The Bertz CT molecular complexity index is 472. The molecule has 0 saturated heterocycles. The molecule has 0 unspecified atom stereocenters. The molecule has 0 radical (unpaired) electrons. The summed E-state index contributed by atoms with van der Waals surface area (Å²) in [5, 5.41) is 27.2. The lowest BCUT2D eigenvalue weighted by molar-refractivity contribution is -0.380. The van der Waals surface area contributed by atoms with E-state index in [1.54, 1.807) is 0 Å². The number of thiophene rings is 1. The average Bonchev–Trinajstić information content (AvgIpc) is 2.61. The van der Waals surface area contributed by atoms with E-state index in [0.717, 1.165) is 6.08 Å². The van der Waals surface area contributed by atoms with Crippen molar-refractivity contribution in [1.29, 1.82) is 0 Å². The number of hydrogen-bond acceptors (Lipinski definition) is 5. The highest BCUT2D eigenvalue weighted by Crippen LogP contribution is 2.25. The Labute approximate surface area is 92.4 Å². The fourth-order valence-corrected chi connectivity index (χ4v) is 1.64. The molecule has 0 aromatic carbocycles. The lowest BCUT2D eigenvalue weighted by atomic mass is 10.2. The van der Waals surface area contributed by atoms with Crippen LogP contribution in [0.15, 0.2) is 17.7 Å². The Hall–Kier alpha value is -2.22. The molecule has 84 valence electrons. The second-order valence-corrected chi connectivity index (χ2v) is 3.70. The zero-order valence-electron chi connectivity index (χ0n) is 7.61. The molecule has 0 bridgehead atoms. The molecule has 0 atom stereocenters. The molecule has 1 aromatic heterocycles. The van der Waals surface area contributed by atoms with Crippen molar-refractivity contribution in [3.63, 3.8) is 0 Å². The predicted octanol–water partition coefficient (Wildman–Crippen LogP) is 1.21. The zero-order valence-corrected chi connectivity index (χ0v) is 8.43. The van der Waals surface area contributed by atoms with Gasteiger partial charge < -0.3 is 10.2 Å². The minimum Gasteiger partial charge on any atom is -0.477 e. The highest BCUT2D eigenvalue weighted by molar-refractivity contribution is 7.16. The van der Waals surface area contributed by atoms with Crippen molar-refractivity contribution in [2.45, 2.75) is 0 Å². The van der Waals surface area contributed by atoms with Crippen LogP contribution in [0.25, 0.3) is 6.08 Å². The first kappa shape index (κ1) is 11.9. The van der Waals surface area contributed by atoms with Gasteiger partial charge in [0.2, 0.25) is 0 Å². The van der Waals surface area contributed by atoms with Crippen molar-refractivity contribution in [1.82, 2.24) is 0 Å². The average molecular weight is 243 g/mol. The van der Waals surface area contributed by atoms with Gasteiger partial charge in [0.15, 0.2) is 0 Å². The molecule has 0 amide bonds. The monoisotopic (exact) mass is 243 g/mol. The third-order valence-electron chi connectivity index (χ3n) is 1.54. The van der Waals surface area contributed by atoms with Crippen molar-refractivity contribution in [2.75, 3.05) is 0 Å². The number of carboxylic acids is 2. The summed E-state index contributed by atoms with van der Waals surface area (Å²) in [5.41, 5.74) is -0.836. The van der Waals surface area contributed by atoms with E-state index in [4.69, 9.17) is 10.2 Å². The second kappa shape index (κ2) is 4.53. The third kappa shape index (κ3) is 2.64. The van der Waals surface area contributed by atoms with Gasteiger partial charge in [0.1, 0.15) is 5.57 Å². The first-order valence-corrected chi connectivity index (χ1v) is 4.66. The summed E-state index contributed by atoms with van der Waals surface area (Å²) >= 11 is 0.702. The minimum absolute atomic E-state index is 0.179. The predicted molar refractivity (Wildman–Crippen MR) is 54.2 cm³/mol. The molecule has 1 rings (SSSR count). The number of carbonyl (C=O) groups is 2. The quantitative estimate of drug-likeness (QED) is 0.270. The number of nitrogens with zero attached hydrogens (tertiary/aromatic N) is 1. The van der Waals surface area contributed by atoms with Gasteiger partial charge in [-0.15, -0.1) is 0 Å². The van der Waals surface area contributed by atoms with Gasteiger partial charge >= 0.3 is 16.9 Å². The van der Waals surface area contributed by atoms with E-state index in [1.807, 2.05) is 0 Å². The molecule has 8 heteroatoms. The first-order chi connectivity index (χ1) is 7.41. The maximum Gasteiger partial charge on any atom is 0.343 e. The molecular formula is C8H5NO6S. The van der Waals surface area contributed by atoms with Crippen molar-refractivity contribution >= 4 is 34.4 Å². The van der Waals surface area contributed by atoms with Crippen LogP contribution in [0.2, 0.25) is 0 Å². The van der Waals surface area contributed by atoms with Crippen LogP contribution < -0.4 is 0 Å². The van der Waals surface area contributed by atoms with Gasteiger partial charge in [0.05, 0.1) is 4.92 Å². The lowest BCUT2D eigenvalue weighted by Crippen LogP contribution is -2.10. The third-order valence-corrected chi connectivity index (χ3v) is 2.52. The largest absolute Gasteiger partial charge is 0.477 e. The Morgan fingerprint density at radius 3 is 2.25 bits per heavy atom. The highest BCUT2D eigenvalue weighted by Gasteiger charge is 2.17. The van der Waals surface area contributed by atoms with E-state index in [1.165, 1.54) is 12.1 Å². The minimum atomic E-state index is -1.59. The summed E-state index contributed by atoms with van der Waals surface area (Å²) in [7, 11) is 0. The first-order valence-electron chi connectivity index (χ1n) is 3.84. The number of aliphatic carboxylic acids is 2. The van der Waals surface area contributed by atoms with E-state index in [0.29, 0.717) is 11.3 Å². The fourth-order valence-electron chi connectivity index (χ4n) is 0.875. The van der Waals surface area contributed by atoms with Crippen molar-refractivity contribution < 1.29 is 24.7 Å². The molecular weight excluding hydrogens is 238 g/mol. The normalized spacial score (nSPS) is 9.50. The molecule has 0 fully saturated rings. The van der Waals surface area contributed by atoms with Gasteiger partial charge in [-0.1, -0.05) is 11.3 Å². The van der Waals surface area contributed by atoms with Crippen molar-refractivity contribution in [3.05, 3.63) is 32.7 Å². The maximum atomic E-state index is 10.5. The maximum absolute atomic E-state index is 10.5. The van der Waals surface area contributed by atoms with E-state index in [-0.39, 0.29) is 9.88 Å². The van der Waals surface area contributed by atoms with E-state index < -0.39 is 22.4 Å². The fraction of sp³-hybridized carbons (Fsp3) is 0. The van der Waals surface area contributed by atoms with Crippen LogP contribution in [-0.4, -0.2) is 27.1 Å². The summed E-state index contributed by atoms with van der Waals surface area (Å²) < 4.78 is 0. The molecule has 1 aromatic rings. The Morgan fingerprint density at radius 1 is 1.31 bits per heavy atom. The molecule has 16 heavy (non-hydrogen) atoms. The van der Waals surface area contributed by atoms with Gasteiger partial charge in [-0.05, 0) is 12.1 Å². The van der Waals surface area contributed by atoms with E-state index in [9.17, 15) is 19.7 Å². The molecule has 0 saturated carbocycles. The molecule has 7 nitrogen and oxygen atoms in total. The molecule has 0 spiro atoms. The zero-order chi connectivity index (χ0) is 12.3. The Balaban J connectivity index is 3.09. The van der Waals surface area contributed by atoms with Gasteiger partial charge in [-0.2, -0.15) is 0 Å². The standard InChI is InChI=1S/C8H5NO6S/c10-7(11)5(8(12)13)3-4-1-2-6(16-4)9(14)15/h1-3H,(H,10,11)(H,12,13). The summed E-state index contributed by atoms with van der Waals surface area (Å²) in [5.74, 6) is -3.19. The highest BCUT2D eigenvalue weighted by atomic mass is 32.1. The number of nitro groups is 1. The smallest absolute Gasteiger partial charge is 0.343 e. The topological polar surface area (TPSA) is 118 Å². The Kier molecular flexibility index (Phi) is 3.36. The molecule has 0 aliphatic carbocycles. The summed E-state index contributed by atoms with van der Waals surface area (Å²) in [6.07, 6.45) is 0.877. The van der Waals surface area contributed by atoms with E-state index >= 15 is 0 Å². The van der Waals surface area contributed by atoms with Crippen LogP contribution in [-0.2, 0) is 9.59 Å². The van der Waals surface area contributed by atoms with E-state index in [2.05, 4.69) is 0 Å². The van der Waals surface area contributed by atoms with Crippen LogP contribution in [0.5, 0.6) is 0 Å². The van der Waals surface area contributed by atoms with Crippen LogP contribution >= 0.6 is 11.3 Å². The second-order valence-electron chi connectivity index (χ2n) is 2.60. The summed E-state index contributed by atoms with van der Waals surface area (Å²) in [4.78, 5) is 30.9. The molecule has 1 heterocycles. The van der Waals surface area contributed by atoms with Gasteiger partial charge in [-0.3, -0.25) is 10.1 Å². The van der Waals surface area contributed by atoms with Crippen molar-refractivity contribution in [3.8, 4) is 0 Å². The summed E-state index contributed by atoms with van der Waals surface area (Å²) in [6.45, 7) is 0. The Morgan fingerprint density at radius 2 is 1.88 bits per heavy atom. The van der Waals surface area contributed by atoms with Gasteiger partial charge in [-0.25, -0.2) is 9.59 Å². The molecule has 2 N–H and O–H groups in total. The van der Waals surface area contributed by atoms with Crippen LogP contribution in [0.1, 0.15) is 4.88 Å². The van der Waals surface area contributed by atoms with Crippen LogP contribution in [0.4, 0.5) is 5.00 Å². The SMILES string of the molecule is O=C(O)C(=Cc1ccc([N+](=O)[O-])s1)C(=O)O. The van der Waals surface area contributed by atoms with Gasteiger partial charge in [0.25, 0.3) is 0 Å². The number of carboxylic acid groups (broad SMARTS) is 2.